The minimum atomic E-state index is 0.0601. The van der Waals surface area contributed by atoms with E-state index in [2.05, 4.69) is 45.5 Å². The lowest BCUT2D eigenvalue weighted by atomic mass is 9.99. The number of ether oxygens (including phenoxy) is 1. The van der Waals surface area contributed by atoms with Crippen molar-refractivity contribution in [3.05, 3.63) is 42.0 Å². The van der Waals surface area contributed by atoms with Crippen molar-refractivity contribution in [2.24, 2.45) is 0 Å². The number of carbonyl (C=O) groups excluding carboxylic acids is 2. The van der Waals surface area contributed by atoms with Crippen LogP contribution >= 0.6 is 0 Å². The monoisotopic (exact) mass is 414 g/mol. The van der Waals surface area contributed by atoms with Crippen LogP contribution in [0.25, 0.3) is 5.57 Å². The Balaban J connectivity index is 1.34. The van der Waals surface area contributed by atoms with Gasteiger partial charge in [-0.2, -0.15) is 0 Å². The van der Waals surface area contributed by atoms with Gasteiger partial charge in [0.15, 0.2) is 0 Å². The molecule has 0 bridgehead atoms. The van der Waals surface area contributed by atoms with Crippen LogP contribution in [-0.4, -0.2) is 99.1 Å². The molecule has 0 spiro atoms. The predicted octanol–water partition coefficient (Wildman–Crippen LogP) is 1.07. The Bertz CT molecular complexity index is 714. The Hall–Kier alpha value is -2.22. The molecule has 0 aromatic heterocycles. The molecule has 2 heterocycles. The summed E-state index contributed by atoms with van der Waals surface area (Å²) >= 11 is 0. The molecule has 1 aromatic rings. The number of carbonyl (C=O) groups is 2. The van der Waals surface area contributed by atoms with Gasteiger partial charge >= 0.3 is 0 Å². The van der Waals surface area contributed by atoms with Gasteiger partial charge in [-0.15, -0.1) is 0 Å². The number of benzene rings is 1. The van der Waals surface area contributed by atoms with E-state index in [1.54, 1.807) is 7.11 Å². The number of methoxy groups -OCH3 is 1. The lowest BCUT2D eigenvalue weighted by Gasteiger charge is -2.35. The first-order chi connectivity index (χ1) is 14.7. The Kier molecular flexibility index (Phi) is 8.86. The summed E-state index contributed by atoms with van der Waals surface area (Å²) in [6.45, 7) is 6.94. The van der Waals surface area contributed by atoms with Crippen LogP contribution in [0.5, 0.6) is 0 Å². The van der Waals surface area contributed by atoms with Gasteiger partial charge in [-0.25, -0.2) is 0 Å². The summed E-state index contributed by atoms with van der Waals surface area (Å²) in [5, 5.41) is 2.93. The third-order valence-corrected chi connectivity index (χ3v) is 5.74. The van der Waals surface area contributed by atoms with Crippen LogP contribution < -0.4 is 5.32 Å². The third kappa shape index (κ3) is 6.93. The summed E-state index contributed by atoms with van der Waals surface area (Å²) < 4.78 is 4.98. The van der Waals surface area contributed by atoms with Crippen LogP contribution in [0.3, 0.4) is 0 Å². The quantitative estimate of drug-likeness (QED) is 0.613. The maximum absolute atomic E-state index is 12.7. The molecule has 2 aliphatic heterocycles. The summed E-state index contributed by atoms with van der Waals surface area (Å²) in [5.41, 5.74) is 2.58. The van der Waals surface area contributed by atoms with Gasteiger partial charge in [0.2, 0.25) is 11.8 Å². The summed E-state index contributed by atoms with van der Waals surface area (Å²) in [4.78, 5) is 31.0. The van der Waals surface area contributed by atoms with Crippen LogP contribution in [0, 0.1) is 0 Å². The first kappa shape index (κ1) is 22.5. The van der Waals surface area contributed by atoms with Crippen LogP contribution in [-0.2, 0) is 14.3 Å². The molecule has 1 aromatic carbocycles. The minimum absolute atomic E-state index is 0.0601. The van der Waals surface area contributed by atoms with Crippen LogP contribution in [0.15, 0.2) is 36.4 Å². The topological polar surface area (TPSA) is 65.1 Å². The smallest absolute Gasteiger partial charge is 0.237 e. The minimum Gasteiger partial charge on any atom is -0.385 e. The van der Waals surface area contributed by atoms with Crippen molar-refractivity contribution in [1.82, 2.24) is 20.0 Å². The van der Waals surface area contributed by atoms with E-state index in [-0.39, 0.29) is 11.8 Å². The SMILES string of the molecule is COCCCNC(=O)CN1CCN(CC(=O)N2CC=C(c3ccccc3)CC2)CC1. The average molecular weight is 415 g/mol. The van der Waals surface area contributed by atoms with Crippen molar-refractivity contribution < 1.29 is 14.3 Å². The van der Waals surface area contributed by atoms with E-state index >= 15 is 0 Å². The molecule has 0 aliphatic carbocycles. The lowest BCUT2D eigenvalue weighted by molar-refractivity contribution is -0.133. The predicted molar refractivity (Wildman–Crippen MR) is 118 cm³/mol. The van der Waals surface area contributed by atoms with Gasteiger partial charge in [0.05, 0.1) is 13.1 Å². The number of hydrogen-bond donors (Lipinski definition) is 1. The van der Waals surface area contributed by atoms with Crippen molar-refractivity contribution in [3.8, 4) is 0 Å². The number of rotatable bonds is 9. The zero-order valence-electron chi connectivity index (χ0n) is 18.0. The Morgan fingerprint density at radius 2 is 1.70 bits per heavy atom. The van der Waals surface area contributed by atoms with Crippen molar-refractivity contribution in [1.29, 1.82) is 0 Å². The molecule has 2 aliphatic rings. The van der Waals surface area contributed by atoms with Gasteiger partial charge in [-0.1, -0.05) is 36.4 Å². The number of piperazine rings is 1. The van der Waals surface area contributed by atoms with Crippen LogP contribution in [0.4, 0.5) is 0 Å². The molecule has 1 saturated heterocycles. The Morgan fingerprint density at radius 1 is 1.00 bits per heavy atom. The van der Waals surface area contributed by atoms with Gasteiger partial charge in [-0.05, 0) is 24.0 Å². The highest BCUT2D eigenvalue weighted by Crippen LogP contribution is 2.22. The first-order valence-corrected chi connectivity index (χ1v) is 10.9. The number of hydrogen-bond acceptors (Lipinski definition) is 5. The average Bonchev–Trinajstić information content (AvgIpc) is 2.79. The molecular weight excluding hydrogens is 380 g/mol. The Morgan fingerprint density at radius 3 is 2.33 bits per heavy atom. The van der Waals surface area contributed by atoms with Gasteiger partial charge in [-0.3, -0.25) is 19.4 Å². The molecule has 7 nitrogen and oxygen atoms in total. The summed E-state index contributed by atoms with van der Waals surface area (Å²) in [6, 6.07) is 10.4. The summed E-state index contributed by atoms with van der Waals surface area (Å²) in [7, 11) is 1.66. The normalized spacial score (nSPS) is 18.2. The molecule has 0 unspecified atom stereocenters. The Labute approximate surface area is 179 Å². The molecule has 2 amide bonds. The second-order valence-electron chi connectivity index (χ2n) is 7.93. The van der Waals surface area contributed by atoms with Crippen molar-refractivity contribution in [2.45, 2.75) is 12.8 Å². The van der Waals surface area contributed by atoms with E-state index in [9.17, 15) is 9.59 Å². The van der Waals surface area contributed by atoms with E-state index < -0.39 is 0 Å². The van der Waals surface area contributed by atoms with Crippen LogP contribution in [0.1, 0.15) is 18.4 Å². The third-order valence-electron chi connectivity index (χ3n) is 5.74. The second kappa shape index (κ2) is 11.8. The molecule has 1 fully saturated rings. The summed E-state index contributed by atoms with van der Waals surface area (Å²) in [6.07, 6.45) is 3.92. The van der Waals surface area contributed by atoms with E-state index in [0.29, 0.717) is 32.8 Å². The van der Waals surface area contributed by atoms with Gasteiger partial charge < -0.3 is 15.0 Å². The number of nitrogens with zero attached hydrogens (tertiary/aromatic N) is 3. The largest absolute Gasteiger partial charge is 0.385 e. The van der Waals surface area contributed by atoms with E-state index in [4.69, 9.17) is 4.74 Å². The van der Waals surface area contributed by atoms with E-state index in [1.807, 2.05) is 11.0 Å². The highest BCUT2D eigenvalue weighted by Gasteiger charge is 2.24. The van der Waals surface area contributed by atoms with Gasteiger partial charge in [0, 0.05) is 59.5 Å². The fourth-order valence-corrected chi connectivity index (χ4v) is 3.91. The molecule has 0 saturated carbocycles. The van der Waals surface area contributed by atoms with Gasteiger partial charge in [0.1, 0.15) is 0 Å². The summed E-state index contributed by atoms with van der Waals surface area (Å²) in [5.74, 6) is 0.257. The maximum Gasteiger partial charge on any atom is 0.237 e. The van der Waals surface area contributed by atoms with Crippen molar-refractivity contribution >= 4 is 17.4 Å². The standard InChI is InChI=1S/C23H34N4O3/c1-30-17-5-10-24-22(28)18-25-13-15-26(16-14-25)19-23(29)27-11-8-21(9-12-27)20-6-3-2-4-7-20/h2-4,6-8H,5,9-19H2,1H3,(H,24,28). The fraction of sp³-hybridized carbons (Fsp3) is 0.565. The van der Waals surface area contributed by atoms with Crippen LogP contribution in [0.2, 0.25) is 0 Å². The van der Waals surface area contributed by atoms with E-state index in [0.717, 1.165) is 45.6 Å². The van der Waals surface area contributed by atoms with Gasteiger partial charge in [0.25, 0.3) is 0 Å². The number of amides is 2. The lowest BCUT2D eigenvalue weighted by Crippen LogP contribution is -2.52. The molecule has 0 atom stereocenters. The second-order valence-corrected chi connectivity index (χ2v) is 7.93. The highest BCUT2D eigenvalue weighted by atomic mass is 16.5. The zero-order chi connectivity index (χ0) is 21.2. The molecular formula is C23H34N4O3. The molecule has 7 heteroatoms. The maximum atomic E-state index is 12.7. The van der Waals surface area contributed by atoms with E-state index in [1.165, 1.54) is 11.1 Å². The molecule has 164 valence electrons. The van der Waals surface area contributed by atoms with Crippen molar-refractivity contribution in [2.75, 3.05) is 72.6 Å². The zero-order valence-corrected chi connectivity index (χ0v) is 18.0. The molecule has 0 radical (unpaired) electrons. The van der Waals surface area contributed by atoms with Crippen molar-refractivity contribution in [3.63, 3.8) is 0 Å². The highest BCUT2D eigenvalue weighted by molar-refractivity contribution is 5.80. The molecule has 1 N–H and O–H groups in total. The first-order valence-electron chi connectivity index (χ1n) is 10.9. The molecule has 30 heavy (non-hydrogen) atoms. The molecule has 3 rings (SSSR count). The number of nitrogens with one attached hydrogen (secondary N) is 1. The fourth-order valence-electron chi connectivity index (χ4n) is 3.91.